The van der Waals surface area contributed by atoms with Gasteiger partial charge in [0, 0.05) is 30.9 Å². The van der Waals surface area contributed by atoms with Crippen LogP contribution in [-0.4, -0.2) is 62.1 Å². The average Bonchev–Trinajstić information content (AvgIpc) is 3.05. The summed E-state index contributed by atoms with van der Waals surface area (Å²) in [5.41, 5.74) is 3.36. The Bertz CT molecular complexity index is 1520. The molecule has 258 valence electrons. The first-order valence-corrected chi connectivity index (χ1v) is 15.8. The summed E-state index contributed by atoms with van der Waals surface area (Å²) in [6.07, 6.45) is 2.51. The molecule has 0 bridgehead atoms. The van der Waals surface area contributed by atoms with Gasteiger partial charge in [0.2, 0.25) is 0 Å². The number of methoxy groups -OCH3 is 4. The molecular formula is C38H46O10. The molecule has 0 saturated carbocycles. The second kappa shape index (κ2) is 17.9. The molecule has 0 saturated heterocycles. The van der Waals surface area contributed by atoms with Gasteiger partial charge in [0.25, 0.3) is 0 Å². The third-order valence-corrected chi connectivity index (χ3v) is 8.14. The molecule has 0 spiro atoms. The van der Waals surface area contributed by atoms with Crippen molar-refractivity contribution in [3.8, 4) is 46.0 Å². The van der Waals surface area contributed by atoms with Crippen LogP contribution in [0.1, 0.15) is 35.1 Å². The van der Waals surface area contributed by atoms with E-state index in [-0.39, 0.29) is 34.8 Å². The van der Waals surface area contributed by atoms with Gasteiger partial charge in [-0.15, -0.1) is 0 Å². The van der Waals surface area contributed by atoms with Crippen molar-refractivity contribution in [3.63, 3.8) is 0 Å². The summed E-state index contributed by atoms with van der Waals surface area (Å²) in [5, 5.41) is 40.9. The van der Waals surface area contributed by atoms with Gasteiger partial charge >= 0.3 is 0 Å². The van der Waals surface area contributed by atoms with Gasteiger partial charge in [-0.3, -0.25) is 0 Å². The van der Waals surface area contributed by atoms with Crippen LogP contribution in [-0.2, 0) is 35.5 Å². The Hall–Kier alpha value is -4.80. The van der Waals surface area contributed by atoms with Gasteiger partial charge in [-0.2, -0.15) is 0 Å². The lowest BCUT2D eigenvalue weighted by Gasteiger charge is -2.28. The maximum atomic E-state index is 10.2. The standard InChI is InChI=1S/C38H46O10/c1-43-35-14-27(15-36(20-35)44-2)22-47-7-5-6-29(8-25-10-31(39)18-32(40)11-25)30(9-26-12-33(41)19-34(42)13-26)24-48-23-28-16-37(45-3)21-38(17-28)46-4/h10-21,29-30,39-42H,5-9,22-24H2,1-4H3/t29-,30+/m0/s1. The highest BCUT2D eigenvalue weighted by molar-refractivity contribution is 5.40. The van der Waals surface area contributed by atoms with Crippen LogP contribution in [0, 0.1) is 11.8 Å². The first-order valence-electron chi connectivity index (χ1n) is 15.8. The SMILES string of the molecule is COc1cc(COCCC[C@@H](Cc2cc(O)cc(O)c2)[C@@H](COCc2cc(OC)cc(OC)c2)Cc2cc(O)cc(O)c2)cc(OC)c1. The molecule has 4 aromatic rings. The Balaban J connectivity index is 1.53. The van der Waals surface area contributed by atoms with Gasteiger partial charge in [-0.25, -0.2) is 0 Å². The van der Waals surface area contributed by atoms with Crippen LogP contribution in [0.4, 0.5) is 0 Å². The van der Waals surface area contributed by atoms with E-state index in [0.717, 1.165) is 35.1 Å². The van der Waals surface area contributed by atoms with E-state index in [1.54, 1.807) is 58.8 Å². The molecule has 4 rings (SSSR count). The number of phenols is 4. The number of benzene rings is 4. The molecule has 0 aliphatic heterocycles. The van der Waals surface area contributed by atoms with Gasteiger partial charge < -0.3 is 48.8 Å². The molecule has 4 N–H and O–H groups in total. The average molecular weight is 663 g/mol. The van der Waals surface area contributed by atoms with E-state index in [4.69, 9.17) is 28.4 Å². The van der Waals surface area contributed by atoms with Crippen LogP contribution < -0.4 is 18.9 Å². The third-order valence-electron chi connectivity index (χ3n) is 8.14. The van der Waals surface area contributed by atoms with Crippen LogP contribution in [0.15, 0.2) is 72.8 Å². The summed E-state index contributed by atoms with van der Waals surface area (Å²) in [4.78, 5) is 0. The van der Waals surface area contributed by atoms with Gasteiger partial charge in [0.15, 0.2) is 0 Å². The van der Waals surface area contributed by atoms with E-state index in [2.05, 4.69) is 0 Å². The lowest BCUT2D eigenvalue weighted by atomic mass is 9.80. The van der Waals surface area contributed by atoms with E-state index in [0.29, 0.717) is 62.3 Å². The van der Waals surface area contributed by atoms with Gasteiger partial charge in [-0.1, -0.05) is 0 Å². The Morgan fingerprint density at radius 2 is 0.854 bits per heavy atom. The number of ether oxygens (including phenoxy) is 6. The fourth-order valence-corrected chi connectivity index (χ4v) is 5.89. The van der Waals surface area contributed by atoms with Gasteiger partial charge in [-0.05, 0) is 108 Å². The highest BCUT2D eigenvalue weighted by atomic mass is 16.5. The predicted octanol–water partition coefficient (Wildman–Crippen LogP) is 6.77. The first kappa shape index (κ1) is 36.0. The predicted molar refractivity (Wildman–Crippen MR) is 182 cm³/mol. The maximum absolute atomic E-state index is 10.2. The summed E-state index contributed by atoms with van der Waals surface area (Å²) in [6, 6.07) is 20.4. The Labute approximate surface area is 282 Å². The van der Waals surface area contributed by atoms with Crippen molar-refractivity contribution in [1.82, 2.24) is 0 Å². The molecule has 0 unspecified atom stereocenters. The second-order valence-electron chi connectivity index (χ2n) is 11.8. The largest absolute Gasteiger partial charge is 0.508 e. The number of phenolic OH excluding ortho intramolecular Hbond substituents is 4. The van der Waals surface area contributed by atoms with Crippen molar-refractivity contribution in [1.29, 1.82) is 0 Å². The molecule has 10 heteroatoms. The molecule has 0 aliphatic rings. The van der Waals surface area contributed by atoms with E-state index < -0.39 is 0 Å². The van der Waals surface area contributed by atoms with E-state index in [1.165, 1.54) is 12.1 Å². The number of hydrogen-bond acceptors (Lipinski definition) is 10. The monoisotopic (exact) mass is 662 g/mol. The highest BCUT2D eigenvalue weighted by Gasteiger charge is 2.24. The number of hydrogen-bond donors (Lipinski definition) is 4. The summed E-state index contributed by atoms with van der Waals surface area (Å²) in [6.45, 7) is 1.54. The van der Waals surface area contributed by atoms with Gasteiger partial charge in [0.05, 0.1) is 48.3 Å². The van der Waals surface area contributed by atoms with Gasteiger partial charge in [0.1, 0.15) is 46.0 Å². The van der Waals surface area contributed by atoms with E-state index in [1.807, 2.05) is 30.3 Å². The molecule has 0 amide bonds. The van der Waals surface area contributed by atoms with Crippen LogP contribution >= 0.6 is 0 Å². The zero-order valence-electron chi connectivity index (χ0n) is 28.0. The maximum Gasteiger partial charge on any atom is 0.122 e. The third kappa shape index (κ3) is 11.2. The Morgan fingerprint density at radius 3 is 1.27 bits per heavy atom. The molecule has 0 aliphatic carbocycles. The molecule has 2 atom stereocenters. The minimum atomic E-state index is -0.0779. The minimum Gasteiger partial charge on any atom is -0.508 e. The summed E-state index contributed by atoms with van der Waals surface area (Å²) in [7, 11) is 6.41. The van der Waals surface area contributed by atoms with E-state index >= 15 is 0 Å². The van der Waals surface area contributed by atoms with Crippen LogP contribution in [0.2, 0.25) is 0 Å². The topological polar surface area (TPSA) is 136 Å². The number of aromatic hydroxyl groups is 4. The smallest absolute Gasteiger partial charge is 0.122 e. The van der Waals surface area contributed by atoms with E-state index in [9.17, 15) is 20.4 Å². The molecule has 0 fully saturated rings. The van der Waals surface area contributed by atoms with Crippen molar-refractivity contribution >= 4 is 0 Å². The molecule has 10 nitrogen and oxygen atoms in total. The highest BCUT2D eigenvalue weighted by Crippen LogP contribution is 2.32. The molecule has 4 aromatic carbocycles. The molecule has 0 heterocycles. The summed E-state index contributed by atoms with van der Waals surface area (Å²) in [5.74, 6) is 2.56. The second-order valence-corrected chi connectivity index (χ2v) is 11.8. The zero-order valence-corrected chi connectivity index (χ0v) is 28.0. The zero-order chi connectivity index (χ0) is 34.5. The minimum absolute atomic E-state index is 0.0102. The summed E-state index contributed by atoms with van der Waals surface area (Å²) < 4.78 is 34.0. The lowest BCUT2D eigenvalue weighted by Crippen LogP contribution is -2.25. The molecule has 0 radical (unpaired) electrons. The summed E-state index contributed by atoms with van der Waals surface area (Å²) >= 11 is 0. The molecular weight excluding hydrogens is 616 g/mol. The van der Waals surface area contributed by atoms with Crippen LogP contribution in [0.5, 0.6) is 46.0 Å². The van der Waals surface area contributed by atoms with Crippen molar-refractivity contribution in [3.05, 3.63) is 95.1 Å². The fourth-order valence-electron chi connectivity index (χ4n) is 5.89. The van der Waals surface area contributed by atoms with Crippen LogP contribution in [0.25, 0.3) is 0 Å². The van der Waals surface area contributed by atoms with Crippen molar-refractivity contribution in [2.45, 2.75) is 38.9 Å². The first-order chi connectivity index (χ1) is 23.2. The van der Waals surface area contributed by atoms with Crippen molar-refractivity contribution < 1.29 is 48.8 Å². The van der Waals surface area contributed by atoms with Crippen molar-refractivity contribution in [2.75, 3.05) is 41.7 Å². The fraction of sp³-hybridized carbons (Fsp3) is 0.368. The Morgan fingerprint density at radius 1 is 0.458 bits per heavy atom. The number of rotatable bonds is 19. The molecule has 48 heavy (non-hydrogen) atoms. The quantitative estimate of drug-likeness (QED) is 0.0796. The van der Waals surface area contributed by atoms with Crippen molar-refractivity contribution in [2.24, 2.45) is 11.8 Å². The lowest BCUT2D eigenvalue weighted by molar-refractivity contribution is 0.0578. The molecule has 0 aromatic heterocycles. The van der Waals surface area contributed by atoms with Crippen LogP contribution in [0.3, 0.4) is 0 Å². The normalized spacial score (nSPS) is 12.3. The Kier molecular flexibility index (Phi) is 13.5.